The number of rotatable bonds is 4. The molecule has 2 aromatic rings. The van der Waals surface area contributed by atoms with E-state index in [0.29, 0.717) is 6.04 Å². The molecule has 1 aliphatic heterocycles. The topological polar surface area (TPSA) is 15.3 Å². The number of hydrogen-bond donors (Lipinski definition) is 1. The molecule has 1 atom stereocenters. The van der Waals surface area contributed by atoms with Crippen LogP contribution in [-0.4, -0.2) is 31.1 Å². The van der Waals surface area contributed by atoms with Gasteiger partial charge in [0.25, 0.3) is 0 Å². The average molecular weight is 321 g/mol. The van der Waals surface area contributed by atoms with Gasteiger partial charge in [-0.25, -0.2) is 0 Å². The second-order valence-corrected chi connectivity index (χ2v) is 7.87. The van der Waals surface area contributed by atoms with Crippen molar-refractivity contribution in [2.45, 2.75) is 32.7 Å². The second-order valence-electron chi connectivity index (χ2n) is 5.73. The Balaban J connectivity index is 1.93. The molecule has 1 fully saturated rings. The van der Waals surface area contributed by atoms with Crippen molar-refractivity contribution in [1.29, 1.82) is 0 Å². The van der Waals surface area contributed by atoms with E-state index in [9.17, 15) is 0 Å². The van der Waals surface area contributed by atoms with E-state index < -0.39 is 0 Å². The summed E-state index contributed by atoms with van der Waals surface area (Å²) in [5.41, 5.74) is 1.39. The van der Waals surface area contributed by atoms with Gasteiger partial charge in [-0.3, -0.25) is 4.90 Å². The standard InChI is InChI=1S/C17H24N2S2/c1-3-14-5-6-15(21-14)17(16-11-13(2)12-20-16)19-9-4-7-18-8-10-19/h5-6,11-12,17-18H,3-4,7-10H2,1-2H3. The molecular formula is C17H24N2S2. The van der Waals surface area contributed by atoms with E-state index in [1.54, 1.807) is 0 Å². The van der Waals surface area contributed by atoms with Gasteiger partial charge in [0.1, 0.15) is 0 Å². The Morgan fingerprint density at radius 3 is 2.86 bits per heavy atom. The number of aryl methyl sites for hydroxylation is 2. The zero-order valence-electron chi connectivity index (χ0n) is 12.9. The molecule has 0 bridgehead atoms. The third-order valence-electron chi connectivity index (χ3n) is 4.06. The number of nitrogens with one attached hydrogen (secondary N) is 1. The molecule has 114 valence electrons. The highest BCUT2D eigenvalue weighted by Crippen LogP contribution is 2.37. The highest BCUT2D eigenvalue weighted by atomic mass is 32.1. The molecule has 3 rings (SSSR count). The first-order valence-corrected chi connectivity index (χ1v) is 9.56. The molecule has 4 heteroatoms. The summed E-state index contributed by atoms with van der Waals surface area (Å²) in [4.78, 5) is 7.17. The fraction of sp³-hybridized carbons (Fsp3) is 0.529. The third kappa shape index (κ3) is 3.57. The van der Waals surface area contributed by atoms with Gasteiger partial charge < -0.3 is 5.32 Å². The van der Waals surface area contributed by atoms with Crippen molar-refractivity contribution >= 4 is 22.7 Å². The zero-order valence-corrected chi connectivity index (χ0v) is 14.5. The predicted molar refractivity (Wildman–Crippen MR) is 93.7 cm³/mol. The summed E-state index contributed by atoms with van der Waals surface area (Å²) in [5.74, 6) is 0. The largest absolute Gasteiger partial charge is 0.315 e. The van der Waals surface area contributed by atoms with Gasteiger partial charge in [-0.2, -0.15) is 0 Å². The van der Waals surface area contributed by atoms with Crippen LogP contribution in [0.5, 0.6) is 0 Å². The van der Waals surface area contributed by atoms with E-state index in [2.05, 4.69) is 47.6 Å². The summed E-state index contributed by atoms with van der Waals surface area (Å²) >= 11 is 3.90. The summed E-state index contributed by atoms with van der Waals surface area (Å²) in [7, 11) is 0. The molecule has 2 nitrogen and oxygen atoms in total. The first-order valence-electron chi connectivity index (χ1n) is 7.86. The molecule has 0 saturated carbocycles. The van der Waals surface area contributed by atoms with Crippen LogP contribution in [0.2, 0.25) is 0 Å². The Kier molecular flexibility index (Phi) is 5.11. The van der Waals surface area contributed by atoms with Crippen LogP contribution in [0.25, 0.3) is 0 Å². The molecule has 0 aromatic carbocycles. The van der Waals surface area contributed by atoms with Gasteiger partial charge in [-0.15, -0.1) is 22.7 Å². The summed E-state index contributed by atoms with van der Waals surface area (Å²) < 4.78 is 0. The van der Waals surface area contributed by atoms with Crippen molar-refractivity contribution in [3.63, 3.8) is 0 Å². The minimum atomic E-state index is 0.453. The molecule has 0 amide bonds. The summed E-state index contributed by atoms with van der Waals surface area (Å²) in [6, 6.07) is 7.48. The van der Waals surface area contributed by atoms with Crippen LogP contribution in [0, 0.1) is 6.92 Å². The van der Waals surface area contributed by atoms with E-state index in [4.69, 9.17) is 0 Å². The summed E-state index contributed by atoms with van der Waals surface area (Å²) in [5, 5.41) is 5.81. The van der Waals surface area contributed by atoms with E-state index in [1.807, 2.05) is 22.7 Å². The summed E-state index contributed by atoms with van der Waals surface area (Å²) in [6.07, 6.45) is 2.38. The SMILES string of the molecule is CCc1ccc(C(c2cc(C)cs2)N2CCCNCC2)s1. The fourth-order valence-corrected chi connectivity index (χ4v) is 5.18. The van der Waals surface area contributed by atoms with Crippen molar-refractivity contribution in [2.75, 3.05) is 26.2 Å². The normalized spacial score (nSPS) is 18.6. The minimum Gasteiger partial charge on any atom is -0.315 e. The number of hydrogen-bond acceptors (Lipinski definition) is 4. The van der Waals surface area contributed by atoms with Crippen LogP contribution in [0.4, 0.5) is 0 Å². The van der Waals surface area contributed by atoms with Crippen LogP contribution >= 0.6 is 22.7 Å². The Morgan fingerprint density at radius 2 is 2.14 bits per heavy atom. The molecule has 1 saturated heterocycles. The molecule has 1 N–H and O–H groups in total. The maximum absolute atomic E-state index is 3.52. The lowest BCUT2D eigenvalue weighted by atomic mass is 10.1. The highest BCUT2D eigenvalue weighted by Gasteiger charge is 2.25. The smallest absolute Gasteiger partial charge is 0.0790 e. The Labute approximate surface area is 135 Å². The molecule has 0 aliphatic carbocycles. The summed E-state index contributed by atoms with van der Waals surface area (Å²) in [6.45, 7) is 9.03. The monoisotopic (exact) mass is 320 g/mol. The molecular weight excluding hydrogens is 296 g/mol. The van der Waals surface area contributed by atoms with Crippen LogP contribution in [0.3, 0.4) is 0 Å². The molecule has 0 spiro atoms. The van der Waals surface area contributed by atoms with Gasteiger partial charge in [0.2, 0.25) is 0 Å². The Morgan fingerprint density at radius 1 is 1.24 bits per heavy atom. The van der Waals surface area contributed by atoms with Gasteiger partial charge in [0.05, 0.1) is 6.04 Å². The lowest BCUT2D eigenvalue weighted by molar-refractivity contribution is 0.247. The highest BCUT2D eigenvalue weighted by molar-refractivity contribution is 7.13. The third-order valence-corrected chi connectivity index (χ3v) is 6.45. The molecule has 3 heterocycles. The van der Waals surface area contributed by atoms with Gasteiger partial charge in [0.15, 0.2) is 0 Å². The van der Waals surface area contributed by atoms with Crippen molar-refractivity contribution in [3.8, 4) is 0 Å². The molecule has 2 aromatic heterocycles. The minimum absolute atomic E-state index is 0.453. The van der Waals surface area contributed by atoms with Gasteiger partial charge >= 0.3 is 0 Å². The second kappa shape index (κ2) is 7.05. The number of thiophene rings is 2. The van der Waals surface area contributed by atoms with Gasteiger partial charge in [0, 0.05) is 34.3 Å². The van der Waals surface area contributed by atoms with Crippen molar-refractivity contribution in [2.24, 2.45) is 0 Å². The Bertz CT molecular complexity index is 565. The first kappa shape index (κ1) is 15.2. The lowest BCUT2D eigenvalue weighted by Crippen LogP contribution is -2.32. The van der Waals surface area contributed by atoms with E-state index >= 15 is 0 Å². The maximum Gasteiger partial charge on any atom is 0.0790 e. The van der Waals surface area contributed by atoms with E-state index in [-0.39, 0.29) is 0 Å². The lowest BCUT2D eigenvalue weighted by Gasteiger charge is -2.29. The molecule has 21 heavy (non-hydrogen) atoms. The molecule has 0 radical (unpaired) electrons. The van der Waals surface area contributed by atoms with Crippen LogP contribution in [-0.2, 0) is 6.42 Å². The van der Waals surface area contributed by atoms with Crippen molar-refractivity contribution in [3.05, 3.63) is 43.8 Å². The number of nitrogens with zero attached hydrogens (tertiary/aromatic N) is 1. The fourth-order valence-electron chi connectivity index (χ4n) is 2.95. The molecule has 1 unspecified atom stereocenters. The van der Waals surface area contributed by atoms with Crippen LogP contribution in [0.1, 0.15) is 39.6 Å². The maximum atomic E-state index is 3.52. The average Bonchev–Trinajstić information content (AvgIpc) is 3.03. The van der Waals surface area contributed by atoms with Crippen molar-refractivity contribution in [1.82, 2.24) is 10.2 Å². The first-order chi connectivity index (χ1) is 10.3. The van der Waals surface area contributed by atoms with Crippen molar-refractivity contribution < 1.29 is 0 Å². The van der Waals surface area contributed by atoms with Gasteiger partial charge in [-0.1, -0.05) is 6.92 Å². The predicted octanol–water partition coefficient (Wildman–Crippen LogP) is 4.07. The molecule has 1 aliphatic rings. The Hall–Kier alpha value is -0.680. The zero-order chi connectivity index (χ0) is 14.7. The van der Waals surface area contributed by atoms with Gasteiger partial charge in [-0.05, 0) is 55.5 Å². The quantitative estimate of drug-likeness (QED) is 0.914. The van der Waals surface area contributed by atoms with Crippen LogP contribution in [0.15, 0.2) is 23.6 Å². The van der Waals surface area contributed by atoms with E-state index in [1.165, 1.54) is 33.2 Å². The van der Waals surface area contributed by atoms with E-state index in [0.717, 1.165) is 26.1 Å². The van der Waals surface area contributed by atoms with Crippen LogP contribution < -0.4 is 5.32 Å².